The Morgan fingerprint density at radius 1 is 1.32 bits per heavy atom. The molecule has 0 saturated heterocycles. The minimum absolute atomic E-state index is 0.0593. The van der Waals surface area contributed by atoms with Crippen LogP contribution in [0.4, 0.5) is 5.69 Å². The summed E-state index contributed by atoms with van der Waals surface area (Å²) in [6.45, 7) is 4.45. The van der Waals surface area contributed by atoms with Gasteiger partial charge in [-0.3, -0.25) is 4.79 Å². The highest BCUT2D eigenvalue weighted by molar-refractivity contribution is 7.08. The van der Waals surface area contributed by atoms with Gasteiger partial charge < -0.3 is 11.1 Å². The number of hydrogen-bond acceptors (Lipinski definition) is 3. The number of anilines is 1. The first-order valence-electron chi connectivity index (χ1n) is 6.25. The van der Waals surface area contributed by atoms with Crippen molar-refractivity contribution in [1.82, 2.24) is 0 Å². The van der Waals surface area contributed by atoms with E-state index in [-0.39, 0.29) is 5.91 Å². The zero-order valence-corrected chi connectivity index (χ0v) is 11.8. The number of nitrogens with two attached hydrogens (primary N) is 1. The van der Waals surface area contributed by atoms with Crippen LogP contribution >= 0.6 is 11.3 Å². The van der Waals surface area contributed by atoms with Crippen LogP contribution < -0.4 is 11.1 Å². The van der Waals surface area contributed by atoms with Gasteiger partial charge in [0.25, 0.3) is 0 Å². The van der Waals surface area contributed by atoms with Crippen molar-refractivity contribution in [3.63, 3.8) is 0 Å². The zero-order chi connectivity index (χ0) is 13.6. The summed E-state index contributed by atoms with van der Waals surface area (Å²) in [5, 5.41) is 7.12. The van der Waals surface area contributed by atoms with Gasteiger partial charge in [-0.2, -0.15) is 11.3 Å². The molecule has 1 amide bonds. The first-order chi connectivity index (χ1) is 9.04. The Bertz CT molecular complexity index is 658. The molecule has 0 unspecified atom stereocenters. The van der Waals surface area contributed by atoms with E-state index in [9.17, 15) is 4.79 Å². The number of benzene rings is 1. The van der Waals surface area contributed by atoms with Gasteiger partial charge in [-0.05, 0) is 59.0 Å². The van der Waals surface area contributed by atoms with Crippen LogP contribution in [-0.2, 0) is 16.8 Å². The molecule has 0 spiro atoms. The average molecular weight is 272 g/mol. The predicted octanol–water partition coefficient (Wildman–Crippen LogP) is 3.10. The molecule has 98 valence electrons. The minimum Gasteiger partial charge on any atom is -0.326 e. The lowest BCUT2D eigenvalue weighted by atomic mass is 9.84. The molecular weight excluding hydrogens is 256 g/mol. The summed E-state index contributed by atoms with van der Waals surface area (Å²) in [7, 11) is 0. The number of thiophene rings is 1. The van der Waals surface area contributed by atoms with Crippen molar-refractivity contribution in [2.24, 2.45) is 5.73 Å². The maximum Gasteiger partial charge on any atom is 0.234 e. The summed E-state index contributed by atoms with van der Waals surface area (Å²) in [4.78, 5) is 11.9. The normalized spacial score (nSPS) is 16.3. The van der Waals surface area contributed by atoms with E-state index in [0.29, 0.717) is 6.54 Å². The lowest BCUT2D eigenvalue weighted by Crippen LogP contribution is -2.26. The van der Waals surface area contributed by atoms with Crippen LogP contribution in [0.15, 0.2) is 29.0 Å². The number of amides is 1. The fourth-order valence-electron chi connectivity index (χ4n) is 2.47. The van der Waals surface area contributed by atoms with Crippen LogP contribution in [0, 0.1) is 0 Å². The Balaban J connectivity index is 2.13. The van der Waals surface area contributed by atoms with Crippen molar-refractivity contribution in [2.75, 3.05) is 5.32 Å². The molecule has 3 nitrogen and oxygen atoms in total. The van der Waals surface area contributed by atoms with E-state index in [0.717, 1.165) is 22.4 Å². The highest BCUT2D eigenvalue weighted by atomic mass is 32.1. The molecule has 1 aliphatic heterocycles. The monoisotopic (exact) mass is 272 g/mol. The molecule has 0 aliphatic carbocycles. The van der Waals surface area contributed by atoms with E-state index in [2.05, 4.69) is 22.1 Å². The summed E-state index contributed by atoms with van der Waals surface area (Å²) < 4.78 is 0. The third-order valence-electron chi connectivity index (χ3n) is 3.78. The Morgan fingerprint density at radius 3 is 2.84 bits per heavy atom. The van der Waals surface area contributed by atoms with Gasteiger partial charge in [0.1, 0.15) is 0 Å². The molecule has 2 heterocycles. The third kappa shape index (κ3) is 1.79. The molecule has 2 aromatic rings. The molecule has 1 aromatic carbocycles. The Kier molecular flexibility index (Phi) is 2.73. The molecule has 0 saturated carbocycles. The van der Waals surface area contributed by atoms with Crippen LogP contribution in [0.2, 0.25) is 0 Å². The molecule has 0 radical (unpaired) electrons. The van der Waals surface area contributed by atoms with Gasteiger partial charge in [0.05, 0.1) is 5.41 Å². The van der Waals surface area contributed by atoms with Crippen molar-refractivity contribution in [2.45, 2.75) is 25.8 Å². The predicted molar refractivity (Wildman–Crippen MR) is 79.3 cm³/mol. The highest BCUT2D eigenvalue weighted by Crippen LogP contribution is 2.40. The average Bonchev–Trinajstić information content (AvgIpc) is 2.94. The second-order valence-corrected chi connectivity index (χ2v) is 6.10. The van der Waals surface area contributed by atoms with Crippen molar-refractivity contribution in [3.05, 3.63) is 40.1 Å². The maximum atomic E-state index is 11.9. The van der Waals surface area contributed by atoms with Gasteiger partial charge in [-0.25, -0.2) is 0 Å². The Hall–Kier alpha value is -1.65. The van der Waals surface area contributed by atoms with E-state index < -0.39 is 5.41 Å². The fourth-order valence-corrected chi connectivity index (χ4v) is 3.35. The largest absolute Gasteiger partial charge is 0.326 e. The van der Waals surface area contributed by atoms with Crippen LogP contribution in [0.1, 0.15) is 25.0 Å². The topological polar surface area (TPSA) is 55.1 Å². The van der Waals surface area contributed by atoms with Crippen LogP contribution in [-0.4, -0.2) is 5.91 Å². The summed E-state index contributed by atoms with van der Waals surface area (Å²) in [6.07, 6.45) is 0. The molecule has 4 heteroatoms. The number of carbonyl (C=O) groups excluding carboxylic acids is 1. The lowest BCUT2D eigenvalue weighted by molar-refractivity contribution is -0.119. The summed E-state index contributed by atoms with van der Waals surface area (Å²) in [5.41, 5.74) is 10.7. The van der Waals surface area contributed by atoms with E-state index in [1.807, 2.05) is 26.0 Å². The fraction of sp³-hybridized carbons (Fsp3) is 0.267. The molecule has 0 bridgehead atoms. The second kappa shape index (κ2) is 4.18. The quantitative estimate of drug-likeness (QED) is 0.882. The van der Waals surface area contributed by atoms with Crippen LogP contribution in [0.3, 0.4) is 0 Å². The van der Waals surface area contributed by atoms with Crippen molar-refractivity contribution in [3.8, 4) is 11.1 Å². The first-order valence-corrected chi connectivity index (χ1v) is 7.20. The minimum atomic E-state index is -0.468. The molecule has 1 aliphatic rings. The lowest BCUT2D eigenvalue weighted by Gasteiger charge is -2.16. The van der Waals surface area contributed by atoms with E-state index in [4.69, 9.17) is 5.73 Å². The summed E-state index contributed by atoms with van der Waals surface area (Å²) in [6, 6.07) is 6.13. The SMILES string of the molecule is CC1(C)C(=O)Nc2ccc(-c3cscc3CN)cc21. The highest BCUT2D eigenvalue weighted by Gasteiger charge is 2.38. The number of hydrogen-bond donors (Lipinski definition) is 2. The van der Waals surface area contributed by atoms with Gasteiger partial charge in [0.15, 0.2) is 0 Å². The van der Waals surface area contributed by atoms with E-state index in [1.165, 1.54) is 5.56 Å². The molecule has 1 aromatic heterocycles. The second-order valence-electron chi connectivity index (χ2n) is 5.35. The van der Waals surface area contributed by atoms with Gasteiger partial charge in [-0.15, -0.1) is 0 Å². The standard InChI is InChI=1S/C15H16N2OS/c1-15(2)12-5-9(3-4-13(12)17-14(15)18)11-8-19-7-10(11)6-16/h3-5,7-8H,6,16H2,1-2H3,(H,17,18). The first kappa shape index (κ1) is 12.4. The van der Waals surface area contributed by atoms with Crippen LogP contribution in [0.5, 0.6) is 0 Å². The Labute approximate surface area is 116 Å². The Morgan fingerprint density at radius 2 is 2.11 bits per heavy atom. The summed E-state index contributed by atoms with van der Waals surface area (Å²) in [5.74, 6) is 0.0593. The molecule has 3 rings (SSSR count). The maximum absolute atomic E-state index is 11.9. The van der Waals surface area contributed by atoms with Crippen molar-refractivity contribution < 1.29 is 4.79 Å². The number of nitrogens with one attached hydrogen (secondary N) is 1. The van der Waals surface area contributed by atoms with Gasteiger partial charge >= 0.3 is 0 Å². The number of carbonyl (C=O) groups is 1. The molecular formula is C15H16N2OS. The van der Waals surface area contributed by atoms with Crippen molar-refractivity contribution in [1.29, 1.82) is 0 Å². The van der Waals surface area contributed by atoms with Gasteiger partial charge in [0.2, 0.25) is 5.91 Å². The number of fused-ring (bicyclic) bond motifs is 1. The third-order valence-corrected chi connectivity index (χ3v) is 4.57. The van der Waals surface area contributed by atoms with E-state index >= 15 is 0 Å². The molecule has 3 N–H and O–H groups in total. The number of rotatable bonds is 2. The molecule has 19 heavy (non-hydrogen) atoms. The van der Waals surface area contributed by atoms with E-state index in [1.54, 1.807) is 11.3 Å². The molecule has 0 fully saturated rings. The smallest absolute Gasteiger partial charge is 0.234 e. The molecule has 0 atom stereocenters. The van der Waals surface area contributed by atoms with Gasteiger partial charge in [-0.1, -0.05) is 6.07 Å². The van der Waals surface area contributed by atoms with Crippen LogP contribution in [0.25, 0.3) is 11.1 Å². The zero-order valence-electron chi connectivity index (χ0n) is 11.0. The summed E-state index contributed by atoms with van der Waals surface area (Å²) >= 11 is 1.66. The van der Waals surface area contributed by atoms with Crippen molar-refractivity contribution >= 4 is 22.9 Å². The van der Waals surface area contributed by atoms with Gasteiger partial charge in [0, 0.05) is 12.2 Å².